The molecule has 142 valence electrons. The summed E-state index contributed by atoms with van der Waals surface area (Å²) in [4.78, 5) is 12.5. The van der Waals surface area contributed by atoms with Gasteiger partial charge in [0.25, 0.3) is 0 Å². The molecule has 2 nitrogen and oxygen atoms in total. The van der Waals surface area contributed by atoms with Crippen molar-refractivity contribution in [3.8, 4) is 0 Å². The Kier molecular flexibility index (Phi) is 9.36. The predicted molar refractivity (Wildman–Crippen MR) is 105 cm³/mol. The SMILES string of the molecule is CCCC=C[C@H]1CC[C@H](OC(=O)[C@H]2CC[C@H](C=CCCC)CC2)CC1. The lowest BCUT2D eigenvalue weighted by Crippen LogP contribution is -2.29. The van der Waals surface area contributed by atoms with E-state index in [9.17, 15) is 4.79 Å². The van der Waals surface area contributed by atoms with E-state index in [0.29, 0.717) is 11.8 Å². The van der Waals surface area contributed by atoms with Gasteiger partial charge in [-0.3, -0.25) is 4.79 Å². The molecule has 2 saturated carbocycles. The first-order chi connectivity index (χ1) is 12.2. The number of allylic oxidation sites excluding steroid dienone is 4. The first-order valence-electron chi connectivity index (χ1n) is 10.8. The van der Waals surface area contributed by atoms with E-state index in [2.05, 4.69) is 38.2 Å². The van der Waals surface area contributed by atoms with Gasteiger partial charge >= 0.3 is 5.97 Å². The van der Waals surface area contributed by atoms with E-state index in [1.54, 1.807) is 0 Å². The second kappa shape index (κ2) is 11.5. The summed E-state index contributed by atoms with van der Waals surface area (Å²) in [6.45, 7) is 4.43. The van der Waals surface area contributed by atoms with Crippen molar-refractivity contribution >= 4 is 5.97 Å². The van der Waals surface area contributed by atoms with Crippen LogP contribution in [0.1, 0.15) is 90.9 Å². The molecule has 25 heavy (non-hydrogen) atoms. The van der Waals surface area contributed by atoms with Crippen LogP contribution in [-0.4, -0.2) is 12.1 Å². The van der Waals surface area contributed by atoms with Crippen molar-refractivity contribution in [3.05, 3.63) is 24.3 Å². The number of hydrogen-bond donors (Lipinski definition) is 0. The highest BCUT2D eigenvalue weighted by Gasteiger charge is 2.29. The summed E-state index contributed by atoms with van der Waals surface area (Å²) < 4.78 is 5.86. The van der Waals surface area contributed by atoms with Crippen LogP contribution in [0, 0.1) is 17.8 Å². The Labute approximate surface area is 155 Å². The van der Waals surface area contributed by atoms with Gasteiger partial charge in [-0.2, -0.15) is 0 Å². The summed E-state index contributed by atoms with van der Waals surface area (Å²) in [5.41, 5.74) is 0. The molecule has 0 amide bonds. The molecule has 0 bridgehead atoms. The summed E-state index contributed by atoms with van der Waals surface area (Å²) in [7, 11) is 0. The Morgan fingerprint density at radius 2 is 1.28 bits per heavy atom. The van der Waals surface area contributed by atoms with E-state index in [1.807, 2.05) is 0 Å². The molecule has 2 aliphatic carbocycles. The van der Waals surface area contributed by atoms with Gasteiger partial charge < -0.3 is 4.74 Å². The van der Waals surface area contributed by atoms with Crippen molar-refractivity contribution in [3.63, 3.8) is 0 Å². The minimum Gasteiger partial charge on any atom is -0.462 e. The van der Waals surface area contributed by atoms with Gasteiger partial charge in [0.05, 0.1) is 5.92 Å². The van der Waals surface area contributed by atoms with E-state index < -0.39 is 0 Å². The molecule has 0 heterocycles. The number of carbonyl (C=O) groups excluding carboxylic acids is 1. The summed E-state index contributed by atoms with van der Waals surface area (Å²) in [5.74, 6) is 1.62. The van der Waals surface area contributed by atoms with E-state index in [-0.39, 0.29) is 18.0 Å². The zero-order valence-electron chi connectivity index (χ0n) is 16.4. The molecule has 0 N–H and O–H groups in total. The Hall–Kier alpha value is -1.05. The fourth-order valence-electron chi connectivity index (χ4n) is 4.12. The maximum absolute atomic E-state index is 12.5. The quantitative estimate of drug-likeness (QED) is 0.365. The predicted octanol–water partition coefficient (Wildman–Crippen LogP) is 6.61. The molecule has 0 unspecified atom stereocenters. The van der Waals surface area contributed by atoms with E-state index >= 15 is 0 Å². The maximum Gasteiger partial charge on any atom is 0.309 e. The van der Waals surface area contributed by atoms with Crippen LogP contribution in [0.3, 0.4) is 0 Å². The van der Waals surface area contributed by atoms with Crippen LogP contribution in [0.25, 0.3) is 0 Å². The Bertz CT molecular complexity index is 421. The summed E-state index contributed by atoms with van der Waals surface area (Å²) >= 11 is 0. The van der Waals surface area contributed by atoms with E-state index in [1.165, 1.54) is 38.5 Å². The van der Waals surface area contributed by atoms with Gasteiger partial charge in [-0.15, -0.1) is 0 Å². The van der Waals surface area contributed by atoms with Gasteiger partial charge in [-0.1, -0.05) is 51.0 Å². The molecule has 2 rings (SSSR count). The van der Waals surface area contributed by atoms with Crippen LogP contribution in [0.2, 0.25) is 0 Å². The fraction of sp³-hybridized carbons (Fsp3) is 0.783. The standard InChI is InChI=1S/C23H38O2/c1-3-5-7-9-19-11-15-21(16-12-19)23(24)25-22-17-13-20(14-18-22)10-8-6-4-2/h7-10,19-22H,3-6,11-18H2,1-2H3/t19-,20-,21-,22-. The second-order valence-corrected chi connectivity index (χ2v) is 8.02. The molecule has 2 aliphatic rings. The Morgan fingerprint density at radius 1 is 0.800 bits per heavy atom. The van der Waals surface area contributed by atoms with Crippen LogP contribution in [0.4, 0.5) is 0 Å². The Morgan fingerprint density at radius 3 is 1.76 bits per heavy atom. The minimum absolute atomic E-state index is 0.0842. The zero-order valence-corrected chi connectivity index (χ0v) is 16.4. The zero-order chi connectivity index (χ0) is 17.9. The maximum atomic E-state index is 12.5. The number of ether oxygens (including phenoxy) is 1. The monoisotopic (exact) mass is 346 g/mol. The number of hydrogen-bond acceptors (Lipinski definition) is 2. The number of rotatable bonds is 8. The fourth-order valence-corrected chi connectivity index (χ4v) is 4.12. The third kappa shape index (κ3) is 7.38. The molecule has 2 heteroatoms. The summed E-state index contributed by atoms with van der Waals surface area (Å²) in [5, 5.41) is 0. The lowest BCUT2D eigenvalue weighted by atomic mass is 9.81. The smallest absolute Gasteiger partial charge is 0.309 e. The lowest BCUT2D eigenvalue weighted by molar-refractivity contribution is -0.157. The van der Waals surface area contributed by atoms with Gasteiger partial charge in [0.1, 0.15) is 6.10 Å². The molecule has 0 aromatic rings. The number of carbonyl (C=O) groups is 1. The first-order valence-corrected chi connectivity index (χ1v) is 10.8. The number of unbranched alkanes of at least 4 members (excludes halogenated alkanes) is 2. The third-order valence-electron chi connectivity index (χ3n) is 5.83. The van der Waals surface area contributed by atoms with Crippen molar-refractivity contribution in [2.75, 3.05) is 0 Å². The lowest BCUT2D eigenvalue weighted by Gasteiger charge is -2.30. The molecular weight excluding hydrogens is 308 g/mol. The third-order valence-corrected chi connectivity index (χ3v) is 5.83. The van der Waals surface area contributed by atoms with Gasteiger partial charge in [0.15, 0.2) is 0 Å². The summed E-state index contributed by atoms with van der Waals surface area (Å²) in [6, 6.07) is 0. The van der Waals surface area contributed by atoms with Gasteiger partial charge in [0.2, 0.25) is 0 Å². The van der Waals surface area contributed by atoms with Crippen molar-refractivity contribution in [2.24, 2.45) is 17.8 Å². The normalized spacial score (nSPS) is 30.8. The second-order valence-electron chi connectivity index (χ2n) is 8.02. The van der Waals surface area contributed by atoms with Crippen molar-refractivity contribution in [2.45, 2.75) is 97.0 Å². The highest BCUT2D eigenvalue weighted by atomic mass is 16.5. The topological polar surface area (TPSA) is 26.3 Å². The van der Waals surface area contributed by atoms with Crippen LogP contribution >= 0.6 is 0 Å². The average molecular weight is 347 g/mol. The molecule has 0 aromatic heterocycles. The molecule has 0 spiro atoms. The Balaban J connectivity index is 1.64. The highest BCUT2D eigenvalue weighted by Crippen LogP contribution is 2.33. The van der Waals surface area contributed by atoms with E-state index in [4.69, 9.17) is 4.74 Å². The largest absolute Gasteiger partial charge is 0.462 e. The van der Waals surface area contributed by atoms with Gasteiger partial charge in [-0.25, -0.2) is 0 Å². The van der Waals surface area contributed by atoms with Gasteiger partial charge in [-0.05, 0) is 76.0 Å². The molecule has 2 fully saturated rings. The van der Waals surface area contributed by atoms with Crippen molar-refractivity contribution in [1.82, 2.24) is 0 Å². The highest BCUT2D eigenvalue weighted by molar-refractivity contribution is 5.72. The first kappa shape index (κ1) is 20.3. The molecule has 0 aliphatic heterocycles. The molecular formula is C23H38O2. The molecule has 0 saturated heterocycles. The number of esters is 1. The minimum atomic E-state index is 0.0842. The molecule has 0 atom stereocenters. The van der Waals surface area contributed by atoms with Crippen molar-refractivity contribution < 1.29 is 9.53 Å². The van der Waals surface area contributed by atoms with Crippen LogP contribution in [-0.2, 0) is 9.53 Å². The molecule has 0 radical (unpaired) electrons. The van der Waals surface area contributed by atoms with Crippen LogP contribution in [0.15, 0.2) is 24.3 Å². The van der Waals surface area contributed by atoms with Crippen molar-refractivity contribution in [1.29, 1.82) is 0 Å². The van der Waals surface area contributed by atoms with E-state index in [0.717, 1.165) is 38.5 Å². The average Bonchev–Trinajstić information content (AvgIpc) is 2.64. The van der Waals surface area contributed by atoms with Crippen LogP contribution in [0.5, 0.6) is 0 Å². The molecule has 0 aromatic carbocycles. The van der Waals surface area contributed by atoms with Crippen LogP contribution < -0.4 is 0 Å². The summed E-state index contributed by atoms with van der Waals surface area (Å²) in [6.07, 6.45) is 23.1. The van der Waals surface area contributed by atoms with Gasteiger partial charge in [0, 0.05) is 0 Å².